The SMILES string of the molecule is CC(C)n1nnn(-c2cccc(C(=O)OC3=CC(=O)CCC3)c2Cl)c1=O. The van der Waals surface area contributed by atoms with Crippen LogP contribution in [0.4, 0.5) is 0 Å². The average molecular weight is 377 g/mol. The minimum Gasteiger partial charge on any atom is -0.427 e. The van der Waals surface area contributed by atoms with Gasteiger partial charge in [-0.05, 0) is 42.8 Å². The first kappa shape index (κ1) is 18.1. The molecule has 0 fully saturated rings. The van der Waals surface area contributed by atoms with Crippen LogP contribution in [0.5, 0.6) is 0 Å². The van der Waals surface area contributed by atoms with E-state index < -0.39 is 11.7 Å². The zero-order valence-corrected chi connectivity index (χ0v) is 15.1. The van der Waals surface area contributed by atoms with E-state index >= 15 is 0 Å². The highest BCUT2D eigenvalue weighted by Gasteiger charge is 2.21. The summed E-state index contributed by atoms with van der Waals surface area (Å²) in [6, 6.07) is 4.44. The maximum atomic E-state index is 12.4. The van der Waals surface area contributed by atoms with Crippen LogP contribution in [-0.2, 0) is 9.53 Å². The van der Waals surface area contributed by atoms with Gasteiger partial charge in [-0.3, -0.25) is 4.79 Å². The fraction of sp³-hybridized carbons (Fsp3) is 0.353. The highest BCUT2D eigenvalue weighted by atomic mass is 35.5. The first-order valence-electron chi connectivity index (χ1n) is 8.17. The minimum absolute atomic E-state index is 0.0261. The summed E-state index contributed by atoms with van der Waals surface area (Å²) in [5.74, 6) is -0.450. The van der Waals surface area contributed by atoms with Gasteiger partial charge in [-0.25, -0.2) is 9.59 Å². The van der Waals surface area contributed by atoms with Gasteiger partial charge in [-0.15, -0.1) is 0 Å². The van der Waals surface area contributed by atoms with Crippen LogP contribution in [0.2, 0.25) is 5.02 Å². The molecular weight excluding hydrogens is 360 g/mol. The van der Waals surface area contributed by atoms with Crippen molar-refractivity contribution in [3.8, 4) is 5.69 Å². The van der Waals surface area contributed by atoms with E-state index in [1.807, 2.05) is 0 Å². The van der Waals surface area contributed by atoms with E-state index in [1.165, 1.54) is 16.8 Å². The monoisotopic (exact) mass is 376 g/mol. The maximum Gasteiger partial charge on any atom is 0.368 e. The molecule has 8 nitrogen and oxygen atoms in total. The number of rotatable bonds is 4. The Balaban J connectivity index is 1.94. The van der Waals surface area contributed by atoms with Crippen LogP contribution >= 0.6 is 11.6 Å². The molecule has 0 saturated heterocycles. The molecule has 136 valence electrons. The number of hydrogen-bond donors (Lipinski definition) is 0. The topological polar surface area (TPSA) is 96.1 Å². The lowest BCUT2D eigenvalue weighted by Gasteiger charge is -2.13. The molecule has 1 aromatic heterocycles. The second-order valence-corrected chi connectivity index (χ2v) is 6.55. The number of allylic oxidation sites excluding steroid dienone is 2. The predicted octanol–water partition coefficient (Wildman–Crippen LogP) is 2.46. The molecule has 0 saturated carbocycles. The Bertz CT molecular complexity index is 958. The van der Waals surface area contributed by atoms with Gasteiger partial charge in [0.15, 0.2) is 5.78 Å². The summed E-state index contributed by atoms with van der Waals surface area (Å²) in [5, 5.41) is 7.65. The van der Waals surface area contributed by atoms with E-state index in [-0.39, 0.29) is 28.1 Å². The smallest absolute Gasteiger partial charge is 0.368 e. The number of tetrazole rings is 1. The zero-order chi connectivity index (χ0) is 18.8. The standard InChI is InChI=1S/C17H17ClN4O4/c1-10(2)21-17(25)22(20-19-21)14-8-4-7-13(15(14)18)16(24)26-12-6-3-5-11(23)9-12/h4,7-10H,3,5-6H2,1-2H3. The van der Waals surface area contributed by atoms with Crippen molar-refractivity contribution in [1.29, 1.82) is 0 Å². The summed E-state index contributed by atoms with van der Waals surface area (Å²) in [4.78, 5) is 36.3. The summed E-state index contributed by atoms with van der Waals surface area (Å²) in [6.07, 6.45) is 2.93. The van der Waals surface area contributed by atoms with Crippen molar-refractivity contribution in [1.82, 2.24) is 19.8 Å². The molecule has 0 bridgehead atoms. The molecule has 0 radical (unpaired) electrons. The predicted molar refractivity (Wildman–Crippen MR) is 93.4 cm³/mol. The summed E-state index contributed by atoms with van der Waals surface area (Å²) in [7, 11) is 0. The van der Waals surface area contributed by atoms with Crippen molar-refractivity contribution in [2.75, 3.05) is 0 Å². The van der Waals surface area contributed by atoms with Gasteiger partial charge in [0.2, 0.25) is 0 Å². The van der Waals surface area contributed by atoms with E-state index in [1.54, 1.807) is 26.0 Å². The molecule has 0 atom stereocenters. The van der Waals surface area contributed by atoms with E-state index in [2.05, 4.69) is 10.4 Å². The van der Waals surface area contributed by atoms with Gasteiger partial charge >= 0.3 is 11.7 Å². The first-order chi connectivity index (χ1) is 12.4. The molecule has 0 unspecified atom stereocenters. The van der Waals surface area contributed by atoms with E-state index in [0.717, 1.165) is 4.68 Å². The number of carbonyl (C=O) groups excluding carboxylic acids is 2. The molecule has 1 aromatic carbocycles. The first-order valence-corrected chi connectivity index (χ1v) is 8.55. The second kappa shape index (κ2) is 7.25. The molecule has 2 aromatic rings. The zero-order valence-electron chi connectivity index (χ0n) is 14.3. The summed E-state index contributed by atoms with van der Waals surface area (Å²) in [6.45, 7) is 3.60. The molecule has 0 amide bonds. The fourth-order valence-corrected chi connectivity index (χ4v) is 2.87. The van der Waals surface area contributed by atoms with Crippen LogP contribution < -0.4 is 5.69 Å². The number of aromatic nitrogens is 4. The third kappa shape index (κ3) is 3.45. The molecule has 0 N–H and O–H groups in total. The summed E-state index contributed by atoms with van der Waals surface area (Å²) in [5.41, 5.74) is -0.159. The van der Waals surface area contributed by atoms with Crippen molar-refractivity contribution in [3.63, 3.8) is 0 Å². The quantitative estimate of drug-likeness (QED) is 0.760. The number of hydrogen-bond acceptors (Lipinski definition) is 6. The molecule has 0 spiro atoms. The Hall–Kier alpha value is -2.74. The van der Waals surface area contributed by atoms with E-state index in [9.17, 15) is 14.4 Å². The maximum absolute atomic E-state index is 12.4. The summed E-state index contributed by atoms with van der Waals surface area (Å²) >= 11 is 6.32. The number of nitrogens with zero attached hydrogens (tertiary/aromatic N) is 4. The van der Waals surface area contributed by atoms with Crippen LogP contribution in [0, 0.1) is 0 Å². The highest BCUT2D eigenvalue weighted by molar-refractivity contribution is 6.35. The van der Waals surface area contributed by atoms with Crippen molar-refractivity contribution in [2.45, 2.75) is 39.2 Å². The molecule has 3 rings (SSSR count). The largest absolute Gasteiger partial charge is 0.427 e. The molecule has 1 aliphatic carbocycles. The van der Waals surface area contributed by atoms with Gasteiger partial charge < -0.3 is 4.74 Å². The van der Waals surface area contributed by atoms with Gasteiger partial charge in [0.05, 0.1) is 22.3 Å². The van der Waals surface area contributed by atoms with Gasteiger partial charge in [-0.2, -0.15) is 9.36 Å². The number of benzene rings is 1. The molecule has 26 heavy (non-hydrogen) atoms. The number of halogens is 1. The Morgan fingerprint density at radius 3 is 2.65 bits per heavy atom. The van der Waals surface area contributed by atoms with Crippen molar-refractivity contribution in [2.24, 2.45) is 0 Å². The Labute approximate surface area is 154 Å². The van der Waals surface area contributed by atoms with E-state index in [4.69, 9.17) is 16.3 Å². The third-order valence-corrected chi connectivity index (χ3v) is 4.31. The van der Waals surface area contributed by atoms with Gasteiger partial charge in [0.1, 0.15) is 5.76 Å². The lowest BCUT2D eigenvalue weighted by Crippen LogP contribution is -2.26. The van der Waals surface area contributed by atoms with E-state index in [0.29, 0.717) is 25.0 Å². The second-order valence-electron chi connectivity index (χ2n) is 6.17. The number of carbonyl (C=O) groups is 2. The van der Waals surface area contributed by atoms with Crippen LogP contribution in [0.1, 0.15) is 49.5 Å². The molecule has 1 heterocycles. The van der Waals surface area contributed by atoms with Gasteiger partial charge in [0, 0.05) is 18.9 Å². The van der Waals surface area contributed by atoms with Gasteiger partial charge in [0.25, 0.3) is 0 Å². The lowest BCUT2D eigenvalue weighted by atomic mass is 10.1. The Morgan fingerprint density at radius 2 is 2.00 bits per heavy atom. The number of esters is 1. The highest BCUT2D eigenvalue weighted by Crippen LogP contribution is 2.26. The Morgan fingerprint density at radius 1 is 1.23 bits per heavy atom. The van der Waals surface area contributed by atoms with Crippen molar-refractivity contribution >= 4 is 23.4 Å². The molecule has 9 heteroatoms. The minimum atomic E-state index is -0.692. The van der Waals surface area contributed by atoms with Crippen molar-refractivity contribution in [3.05, 3.63) is 51.1 Å². The van der Waals surface area contributed by atoms with Crippen LogP contribution in [-0.4, -0.2) is 31.5 Å². The average Bonchev–Trinajstić information content (AvgIpc) is 2.96. The molecular formula is C17H17ClN4O4. The molecule has 1 aliphatic rings. The van der Waals surface area contributed by atoms with Crippen molar-refractivity contribution < 1.29 is 14.3 Å². The Kier molecular flexibility index (Phi) is 5.03. The fourth-order valence-electron chi connectivity index (χ4n) is 2.59. The van der Waals surface area contributed by atoms with Gasteiger partial charge in [-0.1, -0.05) is 17.7 Å². The number of ketones is 1. The molecule has 0 aliphatic heterocycles. The third-order valence-electron chi connectivity index (χ3n) is 3.91. The van der Waals surface area contributed by atoms with Crippen LogP contribution in [0.15, 0.2) is 34.8 Å². The number of ether oxygens (including phenoxy) is 1. The van der Waals surface area contributed by atoms with Crippen LogP contribution in [0.25, 0.3) is 5.69 Å². The lowest BCUT2D eigenvalue weighted by molar-refractivity contribution is -0.115. The van der Waals surface area contributed by atoms with Crippen LogP contribution in [0.3, 0.4) is 0 Å². The summed E-state index contributed by atoms with van der Waals surface area (Å²) < 4.78 is 7.52. The normalized spacial score (nSPS) is 14.5.